The number of carbonyl (C=O) groups excluding carboxylic acids is 1. The Balaban J connectivity index is 1.86. The maximum absolute atomic E-state index is 13.1. The van der Waals surface area contributed by atoms with E-state index in [0.717, 1.165) is 35.4 Å². The average molecular weight is 401 g/mol. The van der Waals surface area contributed by atoms with Crippen LogP contribution in [0.4, 0.5) is 5.69 Å². The van der Waals surface area contributed by atoms with Crippen LogP contribution in [0.5, 0.6) is 0 Å². The van der Waals surface area contributed by atoms with Gasteiger partial charge in [0.2, 0.25) is 0 Å². The molecular formula is C23H17ClN4O. The van der Waals surface area contributed by atoms with Crippen molar-refractivity contribution in [2.24, 2.45) is 10.7 Å². The minimum absolute atomic E-state index is 0.0583. The van der Waals surface area contributed by atoms with E-state index in [1.54, 1.807) is 6.07 Å². The molecule has 2 heterocycles. The van der Waals surface area contributed by atoms with Crippen molar-refractivity contribution >= 4 is 28.9 Å². The van der Waals surface area contributed by atoms with E-state index in [0.29, 0.717) is 34.2 Å². The van der Waals surface area contributed by atoms with E-state index >= 15 is 0 Å². The van der Waals surface area contributed by atoms with Crippen molar-refractivity contribution in [2.75, 3.05) is 4.90 Å². The van der Waals surface area contributed by atoms with Gasteiger partial charge in [-0.2, -0.15) is 5.26 Å². The maximum atomic E-state index is 13.1. The van der Waals surface area contributed by atoms with Crippen LogP contribution in [0.15, 0.2) is 76.2 Å². The zero-order chi connectivity index (χ0) is 20.1. The van der Waals surface area contributed by atoms with Gasteiger partial charge in [0.1, 0.15) is 5.84 Å². The number of nitriles is 1. The van der Waals surface area contributed by atoms with Crippen molar-refractivity contribution < 1.29 is 4.79 Å². The molecule has 1 aliphatic carbocycles. The van der Waals surface area contributed by atoms with Crippen LogP contribution >= 0.6 is 11.6 Å². The van der Waals surface area contributed by atoms with Crippen molar-refractivity contribution in [2.45, 2.75) is 25.2 Å². The number of halogens is 1. The summed E-state index contributed by atoms with van der Waals surface area (Å²) in [5, 5.41) is 10.7. The zero-order valence-electron chi connectivity index (χ0n) is 15.5. The predicted molar refractivity (Wildman–Crippen MR) is 112 cm³/mol. The Hall–Kier alpha value is -3.36. The highest BCUT2D eigenvalue weighted by Gasteiger charge is 2.43. The first-order chi connectivity index (χ1) is 14.1. The van der Waals surface area contributed by atoms with E-state index in [-0.39, 0.29) is 5.78 Å². The van der Waals surface area contributed by atoms with Gasteiger partial charge < -0.3 is 5.73 Å². The van der Waals surface area contributed by atoms with E-state index in [1.165, 1.54) is 0 Å². The van der Waals surface area contributed by atoms with Crippen molar-refractivity contribution in [3.63, 3.8) is 0 Å². The van der Waals surface area contributed by atoms with Gasteiger partial charge in [0.15, 0.2) is 11.6 Å². The molecule has 0 unspecified atom stereocenters. The molecule has 5 rings (SSSR count). The summed E-state index contributed by atoms with van der Waals surface area (Å²) in [6.07, 6.45) is 1.96. The first-order valence-corrected chi connectivity index (χ1v) is 9.88. The number of ketones is 1. The van der Waals surface area contributed by atoms with Crippen LogP contribution in [0.1, 0.15) is 36.3 Å². The predicted octanol–water partition coefficient (Wildman–Crippen LogP) is 4.40. The molecule has 0 radical (unpaired) electrons. The van der Waals surface area contributed by atoms with Gasteiger partial charge in [-0.15, -0.1) is 0 Å². The lowest BCUT2D eigenvalue weighted by Gasteiger charge is -2.42. The van der Waals surface area contributed by atoms with E-state index in [1.807, 2.05) is 47.4 Å². The minimum Gasteiger partial charge on any atom is -0.383 e. The standard InChI is InChI=1S/C23H17ClN4O/c24-16-8-3-1-6-13(16)20-15(12-25)23-27-22(26)14-7-2-4-9-17(14)28(23)18-10-5-11-19(29)21(18)20/h1-4,6-9,20H,5,10-11H2,(H2,26,27)/t20-/m1/s1. The fourth-order valence-corrected chi connectivity index (χ4v) is 4.74. The number of benzene rings is 2. The monoisotopic (exact) mass is 400 g/mol. The van der Waals surface area contributed by atoms with Crippen LogP contribution in [0, 0.1) is 11.3 Å². The minimum atomic E-state index is -0.537. The molecule has 0 saturated heterocycles. The number of nitrogens with two attached hydrogens (primary N) is 1. The lowest BCUT2D eigenvalue weighted by Crippen LogP contribution is -2.39. The molecule has 142 valence electrons. The molecule has 0 spiro atoms. The van der Waals surface area contributed by atoms with Gasteiger partial charge in [0.25, 0.3) is 0 Å². The van der Waals surface area contributed by atoms with Crippen molar-refractivity contribution in [3.05, 3.63) is 87.3 Å². The second-order valence-corrected chi connectivity index (χ2v) is 7.70. The fraction of sp³-hybridized carbons (Fsp3) is 0.174. The van der Waals surface area contributed by atoms with Crippen LogP contribution < -0.4 is 10.6 Å². The number of amidine groups is 1. The smallest absolute Gasteiger partial charge is 0.161 e. The number of anilines is 1. The summed E-state index contributed by atoms with van der Waals surface area (Å²) in [7, 11) is 0. The molecule has 1 atom stereocenters. The van der Waals surface area contributed by atoms with Crippen molar-refractivity contribution in [1.29, 1.82) is 5.26 Å². The van der Waals surface area contributed by atoms with Crippen molar-refractivity contribution in [1.82, 2.24) is 0 Å². The number of allylic oxidation sites excluding steroid dienone is 3. The maximum Gasteiger partial charge on any atom is 0.161 e. The van der Waals surface area contributed by atoms with E-state index in [9.17, 15) is 10.1 Å². The number of para-hydroxylation sites is 1. The summed E-state index contributed by atoms with van der Waals surface area (Å²) in [6, 6.07) is 17.4. The Kier molecular flexibility index (Phi) is 4.04. The topological polar surface area (TPSA) is 82.5 Å². The molecule has 2 aromatic rings. The second-order valence-electron chi connectivity index (χ2n) is 7.29. The van der Waals surface area contributed by atoms with E-state index in [2.05, 4.69) is 11.1 Å². The molecule has 29 heavy (non-hydrogen) atoms. The summed E-state index contributed by atoms with van der Waals surface area (Å²) < 4.78 is 0. The Morgan fingerprint density at radius 3 is 2.69 bits per heavy atom. The molecule has 0 fully saturated rings. The Morgan fingerprint density at radius 1 is 1.14 bits per heavy atom. The number of hydrogen-bond acceptors (Lipinski definition) is 5. The molecule has 0 bridgehead atoms. The molecule has 2 aliphatic heterocycles. The first-order valence-electron chi connectivity index (χ1n) is 9.50. The van der Waals surface area contributed by atoms with E-state index < -0.39 is 5.92 Å². The van der Waals surface area contributed by atoms with Gasteiger partial charge >= 0.3 is 0 Å². The first kappa shape index (κ1) is 17.7. The third-order valence-electron chi connectivity index (χ3n) is 5.71. The van der Waals surface area contributed by atoms with E-state index in [4.69, 9.17) is 17.3 Å². The summed E-state index contributed by atoms with van der Waals surface area (Å²) in [4.78, 5) is 19.7. The molecule has 5 nitrogen and oxygen atoms in total. The summed E-state index contributed by atoms with van der Waals surface area (Å²) in [6.45, 7) is 0. The summed E-state index contributed by atoms with van der Waals surface area (Å²) in [5.74, 6) is 0.373. The molecule has 0 saturated carbocycles. The van der Waals surface area contributed by atoms with Crippen molar-refractivity contribution in [3.8, 4) is 6.07 Å². The molecule has 6 heteroatoms. The van der Waals surface area contributed by atoms with Gasteiger partial charge in [-0.05, 0) is 36.6 Å². The van der Waals surface area contributed by atoms with Gasteiger partial charge in [-0.25, -0.2) is 4.99 Å². The average Bonchev–Trinajstić information content (AvgIpc) is 2.73. The molecule has 2 N–H and O–H groups in total. The van der Waals surface area contributed by atoms with Gasteiger partial charge in [0, 0.05) is 28.3 Å². The molecule has 0 aromatic heterocycles. The largest absolute Gasteiger partial charge is 0.383 e. The van der Waals surface area contributed by atoms with Crippen LogP contribution in [0.3, 0.4) is 0 Å². The number of nitrogens with zero attached hydrogens (tertiary/aromatic N) is 3. The van der Waals surface area contributed by atoms with Crippen LogP contribution in [-0.4, -0.2) is 11.6 Å². The summed E-state index contributed by atoms with van der Waals surface area (Å²) in [5.41, 5.74) is 10.6. The Bertz CT molecular complexity index is 1200. The molecule has 2 aromatic carbocycles. The SMILES string of the molecule is N#CC1=C2N=C(N)c3ccccc3N2C2=C(C(=O)CCC2)[C@@H]1c1ccccc1Cl. The lowest BCUT2D eigenvalue weighted by molar-refractivity contribution is -0.116. The molecule has 0 amide bonds. The number of hydrogen-bond donors (Lipinski definition) is 1. The third-order valence-corrected chi connectivity index (χ3v) is 6.06. The molecular weight excluding hydrogens is 384 g/mol. The number of carbonyl (C=O) groups is 1. The van der Waals surface area contributed by atoms with Gasteiger partial charge in [-0.1, -0.05) is 41.9 Å². The van der Waals surface area contributed by atoms with Crippen LogP contribution in [0.25, 0.3) is 0 Å². The molecule has 3 aliphatic rings. The quantitative estimate of drug-likeness (QED) is 0.768. The second kappa shape index (κ2) is 6.61. The van der Waals surface area contributed by atoms with Gasteiger partial charge in [0.05, 0.1) is 23.2 Å². The highest BCUT2D eigenvalue weighted by atomic mass is 35.5. The highest BCUT2D eigenvalue weighted by molar-refractivity contribution is 6.31. The van der Waals surface area contributed by atoms with Crippen LogP contribution in [0.2, 0.25) is 5.02 Å². The fourth-order valence-electron chi connectivity index (χ4n) is 4.49. The third kappa shape index (κ3) is 2.53. The normalized spacial score (nSPS) is 20.6. The Morgan fingerprint density at radius 2 is 1.90 bits per heavy atom. The number of Topliss-reactive ketones (excluding diaryl/α,β-unsaturated/α-hetero) is 1. The number of aliphatic imine (C=N–C) groups is 1. The van der Waals surface area contributed by atoms with Gasteiger partial charge in [-0.3, -0.25) is 9.69 Å². The summed E-state index contributed by atoms with van der Waals surface area (Å²) >= 11 is 6.50. The zero-order valence-corrected chi connectivity index (χ0v) is 16.3. The number of rotatable bonds is 1. The number of fused-ring (bicyclic) bond motifs is 4. The highest BCUT2D eigenvalue weighted by Crippen LogP contribution is 2.50. The van der Waals surface area contributed by atoms with Crippen LogP contribution in [-0.2, 0) is 4.79 Å². The Labute approximate surface area is 173 Å². The lowest BCUT2D eigenvalue weighted by atomic mass is 9.75.